The van der Waals surface area contributed by atoms with Crippen LogP contribution in [0.15, 0.2) is 54.6 Å². The van der Waals surface area contributed by atoms with E-state index in [0.29, 0.717) is 0 Å². The number of Topliss-reactive ketones (excluding diaryl/α,β-unsaturated/α-hetero) is 2. The average Bonchev–Trinajstić information content (AvgIpc) is 2.96. The van der Waals surface area contributed by atoms with Gasteiger partial charge < -0.3 is 0 Å². The average molecular weight is 356 g/mol. The summed E-state index contributed by atoms with van der Waals surface area (Å²) in [7, 11) is 0. The Morgan fingerprint density at radius 1 is 0.741 bits per heavy atom. The van der Waals surface area contributed by atoms with Crippen molar-refractivity contribution in [2.75, 3.05) is 0 Å². The van der Waals surface area contributed by atoms with Crippen LogP contribution in [0.4, 0.5) is 0 Å². The van der Waals surface area contributed by atoms with Gasteiger partial charge in [-0.2, -0.15) is 0 Å². The molecule has 2 aromatic rings. The van der Waals surface area contributed by atoms with Gasteiger partial charge in [0.2, 0.25) is 0 Å². The van der Waals surface area contributed by atoms with Gasteiger partial charge in [-0.1, -0.05) is 54.6 Å². The van der Waals surface area contributed by atoms with Crippen LogP contribution in [0.3, 0.4) is 0 Å². The zero-order valence-electron chi connectivity index (χ0n) is 15.8. The molecular weight excluding hydrogens is 332 g/mol. The quantitative estimate of drug-likeness (QED) is 0.558. The lowest BCUT2D eigenvalue weighted by Gasteiger charge is -2.39. The Hall–Kier alpha value is -2.48. The number of carbonyl (C=O) groups excluding carboxylic acids is 2. The number of rotatable bonds is 2. The third-order valence-corrected chi connectivity index (χ3v) is 6.96. The number of ketones is 2. The first kappa shape index (κ1) is 16.7. The van der Waals surface area contributed by atoms with Gasteiger partial charge in [-0.05, 0) is 66.3 Å². The van der Waals surface area contributed by atoms with Gasteiger partial charge in [-0.15, -0.1) is 0 Å². The van der Waals surface area contributed by atoms with Gasteiger partial charge in [0.15, 0.2) is 11.6 Å². The number of benzene rings is 2. The summed E-state index contributed by atoms with van der Waals surface area (Å²) in [6.45, 7) is 4.09. The minimum Gasteiger partial charge on any atom is -0.298 e. The van der Waals surface area contributed by atoms with E-state index >= 15 is 0 Å². The minimum absolute atomic E-state index is 0.0844. The summed E-state index contributed by atoms with van der Waals surface area (Å²) in [5.74, 6) is 0.146. The van der Waals surface area contributed by atoms with Crippen LogP contribution in [0, 0.1) is 37.5 Å². The van der Waals surface area contributed by atoms with E-state index in [2.05, 4.69) is 36.4 Å². The fraction of sp³-hybridized carbons (Fsp3) is 0.360. The second kappa shape index (κ2) is 6.02. The van der Waals surface area contributed by atoms with E-state index < -0.39 is 5.92 Å². The maximum Gasteiger partial charge on any atom is 0.152 e. The monoisotopic (exact) mass is 356 g/mol. The molecule has 0 amide bonds. The number of aryl methyl sites for hydroxylation is 2. The van der Waals surface area contributed by atoms with Crippen molar-refractivity contribution in [3.8, 4) is 11.1 Å². The van der Waals surface area contributed by atoms with Crippen LogP contribution in [0.25, 0.3) is 11.1 Å². The van der Waals surface area contributed by atoms with Crippen LogP contribution in [0.5, 0.6) is 0 Å². The van der Waals surface area contributed by atoms with Crippen molar-refractivity contribution in [2.45, 2.75) is 32.6 Å². The van der Waals surface area contributed by atoms with Crippen molar-refractivity contribution >= 4 is 11.6 Å². The van der Waals surface area contributed by atoms with Crippen molar-refractivity contribution in [2.24, 2.45) is 23.7 Å². The molecule has 4 unspecified atom stereocenters. The second-order valence-electron chi connectivity index (χ2n) is 8.47. The SMILES string of the molecule is Cc1cc(-c2ccccc2)cc(C)c1C1C(=O)C2C3C=CC(CC3)C2C1=O. The predicted molar refractivity (Wildman–Crippen MR) is 106 cm³/mol. The highest BCUT2D eigenvalue weighted by Crippen LogP contribution is 2.53. The van der Waals surface area contributed by atoms with Gasteiger partial charge in [0.1, 0.15) is 5.92 Å². The third-order valence-electron chi connectivity index (χ3n) is 6.96. The molecule has 0 radical (unpaired) electrons. The Kier molecular flexibility index (Phi) is 3.72. The lowest BCUT2D eigenvalue weighted by atomic mass is 9.63. The Morgan fingerprint density at radius 2 is 1.26 bits per heavy atom. The van der Waals surface area contributed by atoms with Crippen LogP contribution < -0.4 is 0 Å². The van der Waals surface area contributed by atoms with Gasteiger partial charge in [0.25, 0.3) is 0 Å². The topological polar surface area (TPSA) is 34.1 Å². The van der Waals surface area contributed by atoms with Crippen molar-refractivity contribution in [1.29, 1.82) is 0 Å². The molecule has 2 saturated carbocycles. The molecule has 0 spiro atoms. The highest BCUT2D eigenvalue weighted by atomic mass is 16.2. The van der Waals surface area contributed by atoms with E-state index in [4.69, 9.17) is 0 Å². The largest absolute Gasteiger partial charge is 0.298 e. The molecule has 27 heavy (non-hydrogen) atoms. The summed E-state index contributed by atoms with van der Waals surface area (Å²) < 4.78 is 0. The first-order chi connectivity index (χ1) is 13.1. The standard InChI is InChI=1S/C25H24O2/c1-14-12-19(16-6-4-3-5-7-16)13-15(2)20(14)23-24(26)21-17-8-9-18(11-10-17)22(21)25(23)27/h3-9,12-13,17-18,21-23H,10-11H2,1-2H3. The molecule has 2 heteroatoms. The summed E-state index contributed by atoms with van der Waals surface area (Å²) in [5, 5.41) is 0. The molecular formula is C25H24O2. The van der Waals surface area contributed by atoms with Crippen molar-refractivity contribution in [3.05, 3.63) is 71.3 Å². The Balaban J connectivity index is 1.58. The third kappa shape index (κ3) is 2.39. The van der Waals surface area contributed by atoms with E-state index in [1.54, 1.807) is 0 Å². The molecule has 6 rings (SSSR count). The lowest BCUT2D eigenvalue weighted by molar-refractivity contribution is -0.125. The molecule has 136 valence electrons. The fourth-order valence-corrected chi connectivity index (χ4v) is 5.81. The van der Waals surface area contributed by atoms with Crippen molar-refractivity contribution in [3.63, 3.8) is 0 Å². The van der Waals surface area contributed by atoms with Gasteiger partial charge in [-0.3, -0.25) is 9.59 Å². The molecule has 0 heterocycles. The van der Waals surface area contributed by atoms with Crippen molar-refractivity contribution < 1.29 is 9.59 Å². The number of carbonyl (C=O) groups is 2. The summed E-state index contributed by atoms with van der Waals surface area (Å²) in [4.78, 5) is 26.7. The number of fused-ring (bicyclic) bond motifs is 1. The Labute approximate surface area is 160 Å². The lowest BCUT2D eigenvalue weighted by Crippen LogP contribution is -2.38. The molecule has 0 aliphatic heterocycles. The number of hydrogen-bond acceptors (Lipinski definition) is 2. The second-order valence-corrected chi connectivity index (χ2v) is 8.47. The maximum atomic E-state index is 13.3. The van der Waals surface area contributed by atoms with E-state index in [-0.39, 0.29) is 35.2 Å². The fourth-order valence-electron chi connectivity index (χ4n) is 5.81. The molecule has 2 fully saturated rings. The van der Waals surface area contributed by atoms with Gasteiger partial charge in [0.05, 0.1) is 0 Å². The molecule has 4 atom stereocenters. The van der Waals surface area contributed by atoms with E-state index in [0.717, 1.165) is 40.7 Å². The molecule has 2 bridgehead atoms. The molecule has 0 aromatic heterocycles. The number of allylic oxidation sites excluding steroid dienone is 2. The van der Waals surface area contributed by atoms with Crippen LogP contribution in [0.2, 0.25) is 0 Å². The van der Waals surface area contributed by atoms with Crippen LogP contribution in [0.1, 0.15) is 35.4 Å². The zero-order chi connectivity index (χ0) is 18.7. The van der Waals surface area contributed by atoms with Crippen LogP contribution in [-0.4, -0.2) is 11.6 Å². The number of hydrogen-bond donors (Lipinski definition) is 0. The molecule has 2 aromatic carbocycles. The van der Waals surface area contributed by atoms with Gasteiger partial charge in [0, 0.05) is 11.8 Å². The highest BCUT2D eigenvalue weighted by Gasteiger charge is 2.57. The summed E-state index contributed by atoms with van der Waals surface area (Å²) >= 11 is 0. The molecule has 0 N–H and O–H groups in total. The molecule has 0 saturated heterocycles. The van der Waals surface area contributed by atoms with E-state index in [1.165, 1.54) is 0 Å². The van der Waals surface area contributed by atoms with Crippen LogP contribution >= 0.6 is 0 Å². The zero-order valence-corrected chi connectivity index (χ0v) is 15.8. The predicted octanol–water partition coefficient (Wildman–Crippen LogP) is 5.03. The van der Waals surface area contributed by atoms with Gasteiger partial charge >= 0.3 is 0 Å². The Bertz CT molecular complexity index is 914. The minimum atomic E-state index is -0.562. The summed E-state index contributed by atoms with van der Waals surface area (Å²) in [5.41, 5.74) is 5.37. The van der Waals surface area contributed by atoms with Crippen molar-refractivity contribution in [1.82, 2.24) is 0 Å². The van der Waals surface area contributed by atoms with Crippen LogP contribution in [-0.2, 0) is 9.59 Å². The van der Waals surface area contributed by atoms with Gasteiger partial charge in [-0.25, -0.2) is 0 Å². The first-order valence-corrected chi connectivity index (χ1v) is 9.98. The Morgan fingerprint density at radius 3 is 1.74 bits per heavy atom. The summed E-state index contributed by atoms with van der Waals surface area (Å²) in [6.07, 6.45) is 6.50. The van der Waals surface area contributed by atoms with E-state index in [9.17, 15) is 9.59 Å². The first-order valence-electron chi connectivity index (χ1n) is 9.98. The molecule has 2 nitrogen and oxygen atoms in total. The highest BCUT2D eigenvalue weighted by molar-refractivity contribution is 6.17. The maximum absolute atomic E-state index is 13.3. The molecule has 4 aliphatic rings. The normalized spacial score (nSPS) is 31.4. The smallest absolute Gasteiger partial charge is 0.152 e. The van der Waals surface area contributed by atoms with E-state index in [1.807, 2.05) is 32.0 Å². The summed E-state index contributed by atoms with van der Waals surface area (Å²) in [6, 6.07) is 14.5. The molecule has 4 aliphatic carbocycles.